The van der Waals surface area contributed by atoms with E-state index in [1.54, 1.807) is 44.2 Å². The molecule has 2 rings (SSSR count). The first-order chi connectivity index (χ1) is 12.6. The summed E-state index contributed by atoms with van der Waals surface area (Å²) in [5.74, 6) is -1.80. The molecule has 0 spiro atoms. The number of carbonyl (C=O) groups is 2. The highest BCUT2D eigenvalue weighted by molar-refractivity contribution is 7.89. The average molecular weight is 390 g/mol. The van der Waals surface area contributed by atoms with Gasteiger partial charge in [-0.1, -0.05) is 38.1 Å². The van der Waals surface area contributed by atoms with Crippen LogP contribution in [0.4, 0.5) is 5.69 Å². The molecule has 27 heavy (non-hydrogen) atoms. The maximum absolute atomic E-state index is 12.5. The minimum Gasteiger partial charge on any atom is -0.480 e. The molecule has 144 valence electrons. The predicted octanol–water partition coefficient (Wildman–Crippen LogP) is 2.70. The number of carboxylic acid groups (broad SMARTS) is 1. The molecular formula is C19H22N2O5S. The van der Waals surface area contributed by atoms with E-state index in [4.69, 9.17) is 0 Å². The number of rotatable bonds is 7. The first-order valence-corrected chi connectivity index (χ1v) is 9.81. The number of amides is 1. The molecule has 0 bridgehead atoms. The van der Waals surface area contributed by atoms with Gasteiger partial charge in [-0.25, -0.2) is 8.42 Å². The van der Waals surface area contributed by atoms with Crippen LogP contribution in [0.25, 0.3) is 11.1 Å². The third kappa shape index (κ3) is 5.38. The lowest BCUT2D eigenvalue weighted by atomic mass is 10.1. The van der Waals surface area contributed by atoms with E-state index in [-0.39, 0.29) is 10.8 Å². The summed E-state index contributed by atoms with van der Waals surface area (Å²) in [5, 5.41) is 11.9. The molecule has 8 heteroatoms. The van der Waals surface area contributed by atoms with Crippen LogP contribution < -0.4 is 10.0 Å². The largest absolute Gasteiger partial charge is 0.480 e. The monoisotopic (exact) mass is 390 g/mol. The Kier molecular flexibility index (Phi) is 6.35. The summed E-state index contributed by atoms with van der Waals surface area (Å²) >= 11 is 0. The van der Waals surface area contributed by atoms with Crippen LogP contribution in [0, 0.1) is 5.92 Å². The molecule has 0 radical (unpaired) electrons. The van der Waals surface area contributed by atoms with Crippen molar-refractivity contribution in [2.45, 2.75) is 31.7 Å². The molecule has 0 unspecified atom stereocenters. The molecule has 0 aliphatic carbocycles. The molecule has 0 heterocycles. The van der Waals surface area contributed by atoms with E-state index in [0.29, 0.717) is 5.69 Å². The zero-order valence-corrected chi connectivity index (χ0v) is 16.1. The molecule has 3 N–H and O–H groups in total. The lowest BCUT2D eigenvalue weighted by Gasteiger charge is -2.18. The molecule has 0 aliphatic heterocycles. The maximum Gasteiger partial charge on any atom is 0.322 e. The van der Waals surface area contributed by atoms with E-state index < -0.39 is 28.0 Å². The van der Waals surface area contributed by atoms with Gasteiger partial charge in [-0.05, 0) is 41.3 Å². The summed E-state index contributed by atoms with van der Waals surface area (Å²) < 4.78 is 27.1. The van der Waals surface area contributed by atoms with E-state index in [1.165, 1.54) is 19.1 Å². The highest BCUT2D eigenvalue weighted by atomic mass is 32.2. The van der Waals surface area contributed by atoms with Gasteiger partial charge in [0.05, 0.1) is 4.90 Å². The zero-order valence-electron chi connectivity index (χ0n) is 15.3. The van der Waals surface area contributed by atoms with Crippen molar-refractivity contribution in [2.24, 2.45) is 5.92 Å². The maximum atomic E-state index is 12.5. The van der Waals surface area contributed by atoms with Gasteiger partial charge in [0.25, 0.3) is 0 Å². The van der Waals surface area contributed by atoms with Gasteiger partial charge in [0.2, 0.25) is 15.9 Å². The summed E-state index contributed by atoms with van der Waals surface area (Å²) in [5.41, 5.74) is 2.21. The smallest absolute Gasteiger partial charge is 0.322 e. The molecule has 0 aliphatic rings. The number of hydrogen-bond acceptors (Lipinski definition) is 4. The number of nitrogens with one attached hydrogen (secondary N) is 2. The number of anilines is 1. The summed E-state index contributed by atoms with van der Waals surface area (Å²) in [6.45, 7) is 4.68. The molecule has 0 saturated heterocycles. The fourth-order valence-electron chi connectivity index (χ4n) is 2.51. The quantitative estimate of drug-likeness (QED) is 0.673. The van der Waals surface area contributed by atoms with Crippen LogP contribution in [0.1, 0.15) is 20.8 Å². The normalized spacial score (nSPS) is 12.6. The Labute approximate surface area is 158 Å². The Morgan fingerprint density at radius 1 is 1.00 bits per heavy atom. The lowest BCUT2D eigenvalue weighted by Crippen LogP contribution is -2.44. The fourth-order valence-corrected chi connectivity index (χ4v) is 3.85. The zero-order chi connectivity index (χ0) is 20.2. The van der Waals surface area contributed by atoms with Crippen molar-refractivity contribution < 1.29 is 23.1 Å². The van der Waals surface area contributed by atoms with Gasteiger partial charge in [0.1, 0.15) is 6.04 Å². The second-order valence-corrected chi connectivity index (χ2v) is 8.18. The van der Waals surface area contributed by atoms with Crippen LogP contribution in [0.5, 0.6) is 0 Å². The topological polar surface area (TPSA) is 113 Å². The average Bonchev–Trinajstić information content (AvgIpc) is 2.59. The fraction of sp³-hybridized carbons (Fsp3) is 0.263. The Morgan fingerprint density at radius 3 is 2.15 bits per heavy atom. The SMILES string of the molecule is CC(=O)Nc1cccc(-c2ccc(S(=O)(=O)N[C@@H](C(=O)O)C(C)C)cc2)c1. The summed E-state index contributed by atoms with van der Waals surface area (Å²) in [6, 6.07) is 12.1. The summed E-state index contributed by atoms with van der Waals surface area (Å²) in [4.78, 5) is 22.4. The number of benzene rings is 2. The Bertz CT molecular complexity index is 937. The van der Waals surface area contributed by atoms with Gasteiger partial charge >= 0.3 is 5.97 Å². The Hall–Kier alpha value is -2.71. The Morgan fingerprint density at radius 2 is 1.63 bits per heavy atom. The van der Waals surface area contributed by atoms with E-state index in [2.05, 4.69) is 10.0 Å². The van der Waals surface area contributed by atoms with Crippen molar-refractivity contribution in [2.75, 3.05) is 5.32 Å². The van der Waals surface area contributed by atoms with Crippen molar-refractivity contribution in [1.82, 2.24) is 4.72 Å². The van der Waals surface area contributed by atoms with Crippen LogP contribution in [0.2, 0.25) is 0 Å². The highest BCUT2D eigenvalue weighted by Gasteiger charge is 2.27. The van der Waals surface area contributed by atoms with Gasteiger partial charge in [-0.2, -0.15) is 4.72 Å². The third-order valence-electron chi connectivity index (χ3n) is 3.90. The molecule has 1 atom stereocenters. The number of aliphatic carboxylic acids is 1. The first-order valence-electron chi connectivity index (χ1n) is 8.33. The van der Waals surface area contributed by atoms with Gasteiger partial charge in [-0.15, -0.1) is 0 Å². The number of hydrogen-bond donors (Lipinski definition) is 3. The molecule has 0 saturated carbocycles. The van der Waals surface area contributed by atoms with Crippen molar-refractivity contribution >= 4 is 27.6 Å². The second-order valence-electron chi connectivity index (χ2n) is 6.47. The van der Waals surface area contributed by atoms with Crippen LogP contribution in [0.15, 0.2) is 53.4 Å². The number of carbonyl (C=O) groups excluding carboxylic acids is 1. The minimum absolute atomic E-state index is 0.0174. The van der Waals surface area contributed by atoms with Crippen LogP contribution >= 0.6 is 0 Å². The van der Waals surface area contributed by atoms with Crippen molar-refractivity contribution in [1.29, 1.82) is 0 Å². The van der Waals surface area contributed by atoms with E-state index in [1.807, 2.05) is 6.07 Å². The van der Waals surface area contributed by atoms with Crippen LogP contribution in [0.3, 0.4) is 0 Å². The van der Waals surface area contributed by atoms with Crippen molar-refractivity contribution in [3.05, 3.63) is 48.5 Å². The van der Waals surface area contributed by atoms with Crippen LogP contribution in [-0.4, -0.2) is 31.4 Å². The number of carboxylic acids is 1. The molecule has 2 aromatic carbocycles. The minimum atomic E-state index is -3.96. The Balaban J connectivity index is 2.26. The molecule has 1 amide bonds. The van der Waals surface area contributed by atoms with Crippen molar-refractivity contribution in [3.63, 3.8) is 0 Å². The standard InChI is InChI=1S/C19H22N2O5S/c1-12(2)18(19(23)24)21-27(25,26)17-9-7-14(8-10-17)15-5-4-6-16(11-15)20-13(3)22/h4-12,18,21H,1-3H3,(H,20,22)(H,23,24)/t18-/m1/s1. The molecule has 2 aromatic rings. The van der Waals surface area contributed by atoms with Gasteiger partial charge in [0.15, 0.2) is 0 Å². The molecule has 0 fully saturated rings. The van der Waals surface area contributed by atoms with Gasteiger partial charge < -0.3 is 10.4 Å². The predicted molar refractivity (Wildman–Crippen MR) is 103 cm³/mol. The number of sulfonamides is 1. The van der Waals surface area contributed by atoms with Gasteiger partial charge in [-0.3, -0.25) is 9.59 Å². The van der Waals surface area contributed by atoms with E-state index in [0.717, 1.165) is 11.1 Å². The lowest BCUT2D eigenvalue weighted by molar-refractivity contribution is -0.140. The molecule has 0 aromatic heterocycles. The summed E-state index contributed by atoms with van der Waals surface area (Å²) in [7, 11) is -3.96. The van der Waals surface area contributed by atoms with Crippen molar-refractivity contribution in [3.8, 4) is 11.1 Å². The molecular weight excluding hydrogens is 368 g/mol. The van der Waals surface area contributed by atoms with E-state index in [9.17, 15) is 23.1 Å². The summed E-state index contributed by atoms with van der Waals surface area (Å²) in [6.07, 6.45) is 0. The third-order valence-corrected chi connectivity index (χ3v) is 5.35. The van der Waals surface area contributed by atoms with Gasteiger partial charge in [0, 0.05) is 12.6 Å². The highest BCUT2D eigenvalue weighted by Crippen LogP contribution is 2.24. The second kappa shape index (κ2) is 8.32. The first kappa shape index (κ1) is 20.6. The molecule has 7 nitrogen and oxygen atoms in total. The van der Waals surface area contributed by atoms with Crippen LogP contribution in [-0.2, 0) is 19.6 Å². The van der Waals surface area contributed by atoms with E-state index >= 15 is 0 Å².